The smallest absolute Gasteiger partial charge is 0.204 e. The minimum absolute atomic E-state index is 0.0576. The van der Waals surface area contributed by atoms with Gasteiger partial charge in [0.1, 0.15) is 11.9 Å². The van der Waals surface area contributed by atoms with Crippen LogP contribution in [0.1, 0.15) is 25.0 Å². The summed E-state index contributed by atoms with van der Waals surface area (Å²) >= 11 is 0. The van der Waals surface area contributed by atoms with Gasteiger partial charge in [0.15, 0.2) is 0 Å². The molecule has 0 aliphatic carbocycles. The lowest BCUT2D eigenvalue weighted by atomic mass is 10.1. The van der Waals surface area contributed by atoms with E-state index in [1.165, 1.54) is 5.56 Å². The first-order valence-corrected chi connectivity index (χ1v) is 6.92. The van der Waals surface area contributed by atoms with Gasteiger partial charge < -0.3 is 4.74 Å². The Bertz CT molecular complexity index is 665. The van der Waals surface area contributed by atoms with Crippen molar-refractivity contribution in [3.05, 3.63) is 60.2 Å². The number of benzene rings is 2. The molecular formula is C16H16N4O. The van der Waals surface area contributed by atoms with Gasteiger partial charge in [0, 0.05) is 5.56 Å². The molecule has 1 atom stereocenters. The quantitative estimate of drug-likeness (QED) is 0.778. The van der Waals surface area contributed by atoms with E-state index in [-0.39, 0.29) is 6.10 Å². The summed E-state index contributed by atoms with van der Waals surface area (Å²) in [6, 6.07) is 17.9. The Kier molecular flexibility index (Phi) is 3.91. The van der Waals surface area contributed by atoms with Crippen molar-refractivity contribution in [2.45, 2.75) is 19.4 Å². The van der Waals surface area contributed by atoms with Gasteiger partial charge in [0.05, 0.1) is 0 Å². The number of nitrogens with zero attached hydrogens (tertiary/aromatic N) is 3. The van der Waals surface area contributed by atoms with Gasteiger partial charge in [-0.3, -0.25) is 0 Å². The molecule has 0 saturated carbocycles. The summed E-state index contributed by atoms with van der Waals surface area (Å²) in [5.41, 5.74) is 2.09. The van der Waals surface area contributed by atoms with Crippen molar-refractivity contribution in [3.8, 4) is 17.1 Å². The van der Waals surface area contributed by atoms with Gasteiger partial charge >= 0.3 is 0 Å². The van der Waals surface area contributed by atoms with Crippen LogP contribution in [-0.2, 0) is 0 Å². The number of rotatable bonds is 5. The van der Waals surface area contributed by atoms with Crippen molar-refractivity contribution in [2.24, 2.45) is 0 Å². The highest BCUT2D eigenvalue weighted by Crippen LogP contribution is 2.26. The van der Waals surface area contributed by atoms with Crippen LogP contribution >= 0.6 is 0 Å². The molecule has 5 nitrogen and oxygen atoms in total. The van der Waals surface area contributed by atoms with Crippen molar-refractivity contribution in [2.75, 3.05) is 0 Å². The van der Waals surface area contributed by atoms with E-state index in [0.29, 0.717) is 5.82 Å². The van der Waals surface area contributed by atoms with Crippen LogP contribution in [-0.4, -0.2) is 20.6 Å². The Morgan fingerprint density at radius 3 is 2.43 bits per heavy atom. The zero-order valence-corrected chi connectivity index (χ0v) is 11.7. The minimum atomic E-state index is 0.0576. The van der Waals surface area contributed by atoms with Gasteiger partial charge in [-0.1, -0.05) is 37.3 Å². The van der Waals surface area contributed by atoms with Crippen molar-refractivity contribution in [3.63, 3.8) is 0 Å². The highest BCUT2D eigenvalue weighted by atomic mass is 16.5. The highest BCUT2D eigenvalue weighted by Gasteiger charge is 2.11. The predicted molar refractivity (Wildman–Crippen MR) is 79.7 cm³/mol. The fraction of sp³-hybridized carbons (Fsp3) is 0.188. The normalized spacial score (nSPS) is 12.0. The Balaban J connectivity index is 1.75. The average Bonchev–Trinajstić information content (AvgIpc) is 3.08. The van der Waals surface area contributed by atoms with Crippen LogP contribution in [0.4, 0.5) is 0 Å². The van der Waals surface area contributed by atoms with Gasteiger partial charge in [0.2, 0.25) is 5.82 Å². The number of hydrogen-bond acceptors (Lipinski definition) is 4. The van der Waals surface area contributed by atoms with Gasteiger partial charge in [-0.2, -0.15) is 5.21 Å². The van der Waals surface area contributed by atoms with E-state index < -0.39 is 0 Å². The lowest BCUT2D eigenvalue weighted by molar-refractivity contribution is 0.201. The molecule has 1 heterocycles. The van der Waals surface area contributed by atoms with E-state index in [4.69, 9.17) is 4.74 Å². The maximum Gasteiger partial charge on any atom is 0.204 e. The Morgan fingerprint density at radius 2 is 1.81 bits per heavy atom. The summed E-state index contributed by atoms with van der Waals surface area (Å²) in [6.07, 6.45) is 0.971. The van der Waals surface area contributed by atoms with Crippen LogP contribution in [0.25, 0.3) is 11.4 Å². The van der Waals surface area contributed by atoms with Crippen molar-refractivity contribution in [1.29, 1.82) is 0 Å². The van der Waals surface area contributed by atoms with E-state index in [2.05, 4.69) is 39.7 Å². The van der Waals surface area contributed by atoms with E-state index >= 15 is 0 Å². The van der Waals surface area contributed by atoms with Crippen LogP contribution in [0.3, 0.4) is 0 Å². The van der Waals surface area contributed by atoms with Crippen LogP contribution in [0.5, 0.6) is 5.75 Å². The van der Waals surface area contributed by atoms with E-state index in [1.807, 2.05) is 42.5 Å². The van der Waals surface area contributed by atoms with Crippen LogP contribution in [0.15, 0.2) is 54.6 Å². The van der Waals surface area contributed by atoms with Gasteiger partial charge in [0.25, 0.3) is 0 Å². The van der Waals surface area contributed by atoms with Gasteiger partial charge in [-0.05, 0) is 41.5 Å². The maximum atomic E-state index is 6.06. The third-order valence-electron chi connectivity index (χ3n) is 3.28. The average molecular weight is 280 g/mol. The molecule has 3 aromatic rings. The van der Waals surface area contributed by atoms with Crippen molar-refractivity contribution in [1.82, 2.24) is 20.6 Å². The third kappa shape index (κ3) is 3.08. The number of H-pyrrole nitrogens is 1. The minimum Gasteiger partial charge on any atom is -0.486 e. The van der Waals surface area contributed by atoms with Crippen LogP contribution in [0, 0.1) is 0 Å². The summed E-state index contributed by atoms with van der Waals surface area (Å²) in [7, 11) is 0. The van der Waals surface area contributed by atoms with Crippen molar-refractivity contribution < 1.29 is 4.74 Å². The molecule has 0 aliphatic rings. The SMILES string of the molecule is CCC(Oc1ccc(-c2nn[nH]n2)cc1)c1ccccc1. The molecular weight excluding hydrogens is 264 g/mol. The molecule has 0 saturated heterocycles. The monoisotopic (exact) mass is 280 g/mol. The first-order chi connectivity index (χ1) is 10.4. The molecule has 1 aromatic heterocycles. The number of ether oxygens (including phenoxy) is 1. The molecule has 0 aliphatic heterocycles. The number of hydrogen-bond donors (Lipinski definition) is 1. The van der Waals surface area contributed by atoms with Crippen LogP contribution < -0.4 is 4.74 Å². The Morgan fingerprint density at radius 1 is 1.05 bits per heavy atom. The molecule has 0 fully saturated rings. The molecule has 1 unspecified atom stereocenters. The van der Waals surface area contributed by atoms with Gasteiger partial charge in [-0.15, -0.1) is 10.2 Å². The molecule has 3 rings (SSSR count). The standard InChI is InChI=1S/C16H16N4O/c1-2-15(12-6-4-3-5-7-12)21-14-10-8-13(9-11-14)16-17-19-20-18-16/h3-11,15H,2H2,1H3,(H,17,18,19,20). The zero-order valence-electron chi connectivity index (χ0n) is 11.7. The first kappa shape index (κ1) is 13.3. The number of nitrogens with one attached hydrogen (secondary N) is 1. The molecule has 21 heavy (non-hydrogen) atoms. The maximum absolute atomic E-state index is 6.06. The fourth-order valence-electron chi connectivity index (χ4n) is 2.19. The second kappa shape index (κ2) is 6.17. The molecule has 0 spiro atoms. The summed E-state index contributed by atoms with van der Waals surface area (Å²) in [5.74, 6) is 1.41. The lowest BCUT2D eigenvalue weighted by Gasteiger charge is -2.18. The second-order valence-electron chi connectivity index (χ2n) is 4.69. The molecule has 106 valence electrons. The third-order valence-corrected chi connectivity index (χ3v) is 3.28. The van der Waals surface area contributed by atoms with Crippen molar-refractivity contribution >= 4 is 0 Å². The number of aromatic amines is 1. The molecule has 5 heteroatoms. The highest BCUT2D eigenvalue weighted by molar-refractivity contribution is 5.55. The molecule has 0 bridgehead atoms. The molecule has 0 amide bonds. The molecule has 1 N–H and O–H groups in total. The second-order valence-corrected chi connectivity index (χ2v) is 4.69. The Hall–Kier alpha value is -2.69. The molecule has 2 aromatic carbocycles. The van der Waals surface area contributed by atoms with E-state index in [1.54, 1.807) is 0 Å². The number of aromatic nitrogens is 4. The van der Waals surface area contributed by atoms with Crippen LogP contribution in [0.2, 0.25) is 0 Å². The Labute approximate surface area is 123 Å². The number of tetrazole rings is 1. The largest absolute Gasteiger partial charge is 0.486 e. The fourth-order valence-corrected chi connectivity index (χ4v) is 2.19. The molecule has 0 radical (unpaired) electrons. The summed E-state index contributed by atoms with van der Waals surface area (Å²) < 4.78 is 6.06. The zero-order chi connectivity index (χ0) is 14.5. The summed E-state index contributed by atoms with van der Waals surface area (Å²) in [6.45, 7) is 2.12. The summed E-state index contributed by atoms with van der Waals surface area (Å²) in [4.78, 5) is 0. The first-order valence-electron chi connectivity index (χ1n) is 6.92. The van der Waals surface area contributed by atoms with E-state index in [9.17, 15) is 0 Å². The van der Waals surface area contributed by atoms with Gasteiger partial charge in [-0.25, -0.2) is 0 Å². The summed E-state index contributed by atoms with van der Waals surface area (Å²) in [5, 5.41) is 13.9. The lowest BCUT2D eigenvalue weighted by Crippen LogP contribution is -2.06. The topological polar surface area (TPSA) is 63.7 Å². The predicted octanol–water partition coefficient (Wildman–Crippen LogP) is 3.40. The van der Waals surface area contributed by atoms with E-state index in [0.717, 1.165) is 17.7 Å².